The maximum atomic E-state index is 12.5. The van der Waals surface area contributed by atoms with Crippen LogP contribution < -0.4 is 0 Å². The SMILES string of the molecule is COC(=O)CC(C)S(=O)Cc1cccc(C(F)(F)F)c1. The summed E-state index contributed by atoms with van der Waals surface area (Å²) in [6.07, 6.45) is -4.45. The Hall–Kier alpha value is -1.37. The van der Waals surface area contributed by atoms with Crippen molar-refractivity contribution in [1.29, 1.82) is 0 Å². The monoisotopic (exact) mass is 308 g/mol. The van der Waals surface area contributed by atoms with Crippen LogP contribution in [0.5, 0.6) is 0 Å². The second-order valence-corrected chi connectivity index (χ2v) is 6.17. The van der Waals surface area contributed by atoms with Gasteiger partial charge in [0.1, 0.15) is 0 Å². The lowest BCUT2D eigenvalue weighted by atomic mass is 10.1. The lowest BCUT2D eigenvalue weighted by molar-refractivity contribution is -0.140. The summed E-state index contributed by atoms with van der Waals surface area (Å²) in [5.74, 6) is -0.517. The second-order valence-electron chi connectivity index (χ2n) is 4.31. The summed E-state index contributed by atoms with van der Waals surface area (Å²) in [7, 11) is -0.214. The molecule has 0 fully saturated rings. The fourth-order valence-corrected chi connectivity index (χ4v) is 2.67. The smallest absolute Gasteiger partial charge is 0.416 e. The summed E-state index contributed by atoms with van der Waals surface area (Å²) in [5, 5.41) is -0.475. The molecule has 0 saturated heterocycles. The molecule has 2 atom stereocenters. The van der Waals surface area contributed by atoms with Gasteiger partial charge in [0.15, 0.2) is 0 Å². The van der Waals surface area contributed by atoms with E-state index in [0.29, 0.717) is 5.56 Å². The molecule has 1 aromatic carbocycles. The van der Waals surface area contributed by atoms with Gasteiger partial charge < -0.3 is 4.74 Å². The summed E-state index contributed by atoms with van der Waals surface area (Å²) in [5.41, 5.74) is -0.442. The molecule has 0 amide bonds. The Balaban J connectivity index is 2.73. The van der Waals surface area contributed by atoms with Gasteiger partial charge in [-0.25, -0.2) is 0 Å². The van der Waals surface area contributed by atoms with Crippen molar-refractivity contribution >= 4 is 16.8 Å². The van der Waals surface area contributed by atoms with E-state index in [1.807, 2.05) is 0 Å². The van der Waals surface area contributed by atoms with Gasteiger partial charge in [0.05, 0.1) is 19.1 Å². The maximum absolute atomic E-state index is 12.5. The van der Waals surface area contributed by atoms with Gasteiger partial charge in [-0.1, -0.05) is 25.1 Å². The molecule has 112 valence electrons. The second kappa shape index (κ2) is 6.88. The zero-order valence-corrected chi connectivity index (χ0v) is 11.9. The number of hydrogen-bond acceptors (Lipinski definition) is 3. The van der Waals surface area contributed by atoms with E-state index in [4.69, 9.17) is 0 Å². The number of esters is 1. The largest absolute Gasteiger partial charge is 0.469 e. The molecule has 0 saturated carbocycles. The fraction of sp³-hybridized carbons (Fsp3) is 0.462. The maximum Gasteiger partial charge on any atom is 0.416 e. The van der Waals surface area contributed by atoms with Crippen LogP contribution in [0.3, 0.4) is 0 Å². The van der Waals surface area contributed by atoms with Crippen molar-refractivity contribution in [2.24, 2.45) is 0 Å². The molecule has 0 aliphatic carbocycles. The van der Waals surface area contributed by atoms with Crippen molar-refractivity contribution in [3.8, 4) is 0 Å². The van der Waals surface area contributed by atoms with E-state index in [-0.39, 0.29) is 12.2 Å². The molecule has 1 aromatic rings. The highest BCUT2D eigenvalue weighted by Crippen LogP contribution is 2.29. The lowest BCUT2D eigenvalue weighted by Gasteiger charge is -2.12. The zero-order valence-electron chi connectivity index (χ0n) is 11.1. The first kappa shape index (κ1) is 16.7. The Bertz CT molecular complexity index is 500. The van der Waals surface area contributed by atoms with Gasteiger partial charge >= 0.3 is 12.1 Å². The van der Waals surface area contributed by atoms with E-state index in [1.54, 1.807) is 6.92 Å². The third kappa shape index (κ3) is 4.96. The molecular weight excluding hydrogens is 293 g/mol. The lowest BCUT2D eigenvalue weighted by Crippen LogP contribution is -2.18. The predicted octanol–water partition coefficient (Wildman–Crippen LogP) is 2.91. The number of alkyl halides is 3. The Labute approximate surface area is 117 Å². The van der Waals surface area contributed by atoms with Crippen molar-refractivity contribution in [3.63, 3.8) is 0 Å². The topological polar surface area (TPSA) is 43.4 Å². The number of ether oxygens (including phenoxy) is 1. The molecule has 0 spiro atoms. The highest BCUT2D eigenvalue weighted by molar-refractivity contribution is 7.84. The highest BCUT2D eigenvalue weighted by atomic mass is 32.2. The minimum Gasteiger partial charge on any atom is -0.469 e. The molecule has 1 rings (SSSR count). The van der Waals surface area contributed by atoms with Crippen LogP contribution in [0.15, 0.2) is 24.3 Å². The highest BCUT2D eigenvalue weighted by Gasteiger charge is 2.30. The van der Waals surface area contributed by atoms with E-state index >= 15 is 0 Å². The van der Waals surface area contributed by atoms with Crippen LogP contribution >= 0.6 is 0 Å². The number of carbonyl (C=O) groups is 1. The summed E-state index contributed by atoms with van der Waals surface area (Å²) in [6.45, 7) is 1.60. The fourth-order valence-electron chi connectivity index (χ4n) is 1.55. The van der Waals surface area contributed by atoms with Gasteiger partial charge in [0, 0.05) is 21.8 Å². The third-order valence-corrected chi connectivity index (χ3v) is 4.38. The van der Waals surface area contributed by atoms with E-state index in [9.17, 15) is 22.2 Å². The van der Waals surface area contributed by atoms with Gasteiger partial charge in [0.25, 0.3) is 0 Å². The van der Waals surface area contributed by atoms with E-state index in [2.05, 4.69) is 4.74 Å². The van der Waals surface area contributed by atoms with Crippen molar-refractivity contribution in [1.82, 2.24) is 0 Å². The standard InChI is InChI=1S/C13H15F3O3S/c1-9(6-12(17)19-2)20(18)8-10-4-3-5-11(7-10)13(14,15)16/h3-5,7,9H,6,8H2,1-2H3. The molecule has 3 nitrogen and oxygen atoms in total. The summed E-state index contributed by atoms with van der Waals surface area (Å²) < 4.78 is 54.0. The van der Waals surface area contributed by atoms with Gasteiger partial charge in [-0.15, -0.1) is 0 Å². The van der Waals surface area contributed by atoms with E-state index < -0.39 is 33.8 Å². The number of carbonyl (C=O) groups excluding carboxylic acids is 1. The van der Waals surface area contributed by atoms with Crippen LogP contribution in [0.25, 0.3) is 0 Å². The molecule has 0 bridgehead atoms. The minimum atomic E-state index is -4.42. The molecule has 7 heteroatoms. The van der Waals surface area contributed by atoms with Crippen LogP contribution in [0, 0.1) is 0 Å². The van der Waals surface area contributed by atoms with Crippen molar-refractivity contribution in [2.75, 3.05) is 7.11 Å². The van der Waals surface area contributed by atoms with Gasteiger partial charge in [0.2, 0.25) is 0 Å². The summed E-state index contributed by atoms with van der Waals surface area (Å²) in [4.78, 5) is 11.1. The number of halogens is 3. The first-order chi connectivity index (χ1) is 9.24. The average Bonchev–Trinajstić information content (AvgIpc) is 2.37. The number of hydrogen-bond donors (Lipinski definition) is 0. The molecule has 0 heterocycles. The zero-order chi connectivity index (χ0) is 15.3. The van der Waals surface area contributed by atoms with Crippen LogP contribution in [0.1, 0.15) is 24.5 Å². The molecule has 0 aliphatic heterocycles. The molecule has 2 unspecified atom stereocenters. The van der Waals surface area contributed by atoms with Crippen molar-refractivity contribution in [2.45, 2.75) is 30.5 Å². The first-order valence-corrected chi connectivity index (χ1v) is 7.22. The van der Waals surface area contributed by atoms with Gasteiger partial charge in [-0.3, -0.25) is 9.00 Å². The molecule has 0 N–H and O–H groups in total. The van der Waals surface area contributed by atoms with Gasteiger partial charge in [-0.2, -0.15) is 13.2 Å². The van der Waals surface area contributed by atoms with Crippen molar-refractivity contribution < 1.29 is 26.9 Å². The molecule has 0 aliphatic rings. The van der Waals surface area contributed by atoms with Crippen LogP contribution in [0.4, 0.5) is 13.2 Å². The van der Waals surface area contributed by atoms with Gasteiger partial charge in [-0.05, 0) is 11.6 Å². The predicted molar refractivity (Wildman–Crippen MR) is 69.4 cm³/mol. The summed E-state index contributed by atoms with van der Waals surface area (Å²) >= 11 is 0. The number of rotatable bonds is 5. The molecule has 0 radical (unpaired) electrons. The Morgan fingerprint density at radius 1 is 1.40 bits per heavy atom. The minimum absolute atomic E-state index is 0.0257. The van der Waals surface area contributed by atoms with Crippen LogP contribution in [-0.4, -0.2) is 22.5 Å². The molecule has 20 heavy (non-hydrogen) atoms. The Kier molecular flexibility index (Phi) is 5.74. The number of benzene rings is 1. The normalized spacial score (nSPS) is 14.7. The van der Waals surface area contributed by atoms with Crippen molar-refractivity contribution in [3.05, 3.63) is 35.4 Å². The molecular formula is C13H15F3O3S. The number of methoxy groups -OCH3 is 1. The molecule has 0 aromatic heterocycles. The first-order valence-electron chi connectivity index (χ1n) is 5.84. The average molecular weight is 308 g/mol. The summed E-state index contributed by atoms with van der Waals surface area (Å²) in [6, 6.07) is 4.70. The third-order valence-electron chi connectivity index (χ3n) is 2.69. The quantitative estimate of drug-likeness (QED) is 0.786. The Morgan fingerprint density at radius 3 is 2.60 bits per heavy atom. The Morgan fingerprint density at radius 2 is 2.05 bits per heavy atom. The van der Waals surface area contributed by atoms with E-state index in [1.165, 1.54) is 19.2 Å². The van der Waals surface area contributed by atoms with Crippen LogP contribution in [0.2, 0.25) is 0 Å². The van der Waals surface area contributed by atoms with E-state index in [0.717, 1.165) is 12.1 Å². The van der Waals surface area contributed by atoms with Crippen LogP contribution in [-0.2, 0) is 32.3 Å².